The van der Waals surface area contributed by atoms with E-state index >= 15 is 0 Å². The Kier molecular flexibility index (Phi) is 4.41. The van der Waals surface area contributed by atoms with Gasteiger partial charge in [-0.15, -0.1) is 0 Å². The molecule has 0 N–H and O–H groups in total. The van der Waals surface area contributed by atoms with Crippen molar-refractivity contribution in [3.8, 4) is 11.5 Å². The van der Waals surface area contributed by atoms with E-state index < -0.39 is 0 Å². The van der Waals surface area contributed by atoms with Gasteiger partial charge >= 0.3 is 158 Å². The third-order valence-electron chi connectivity index (χ3n) is 4.27. The molecule has 3 aromatic carbocycles. The Hall–Kier alpha value is -2.75. The summed E-state index contributed by atoms with van der Waals surface area (Å²) in [6.07, 6.45) is 0. The number of carbonyl (C=O) groups is 1. The molecule has 0 unspecified atom stereocenters. The van der Waals surface area contributed by atoms with E-state index in [1.165, 1.54) is 8.92 Å². The normalized spacial score (nSPS) is 12.2. The molecule has 1 aliphatic heterocycles. The van der Waals surface area contributed by atoms with E-state index in [1.807, 2.05) is 36.4 Å². The zero-order valence-corrected chi connectivity index (χ0v) is 16.1. The van der Waals surface area contributed by atoms with Gasteiger partial charge in [-0.05, 0) is 0 Å². The van der Waals surface area contributed by atoms with E-state index in [1.54, 1.807) is 37.3 Å². The van der Waals surface area contributed by atoms with Crippen LogP contribution in [0.25, 0.3) is 0 Å². The molecule has 3 aromatic rings. The number of carbonyl (C=O) groups excluding carboxylic acids is 1. The Labute approximate surface area is 158 Å². The van der Waals surface area contributed by atoms with Crippen LogP contribution in [0.1, 0.15) is 10.4 Å². The SMILES string of the molecule is COc1ccc(C(=O)N2c3ccccc3[Se]c3ccccc32)cc1OC. The molecule has 1 heterocycles. The second-order valence-electron chi connectivity index (χ2n) is 5.75. The van der Waals surface area contributed by atoms with Crippen LogP contribution in [0.3, 0.4) is 0 Å². The average molecular weight is 410 g/mol. The predicted octanol–water partition coefficient (Wildman–Crippen LogP) is 2.65. The van der Waals surface area contributed by atoms with Crippen LogP contribution in [0.5, 0.6) is 11.5 Å². The van der Waals surface area contributed by atoms with Crippen molar-refractivity contribution in [3.63, 3.8) is 0 Å². The van der Waals surface area contributed by atoms with E-state index in [0.29, 0.717) is 17.1 Å². The second-order valence-corrected chi connectivity index (χ2v) is 8.02. The van der Waals surface area contributed by atoms with E-state index in [9.17, 15) is 4.79 Å². The molecule has 5 heteroatoms. The first kappa shape index (κ1) is 16.7. The molecule has 0 aliphatic carbocycles. The number of nitrogens with zero attached hydrogens (tertiary/aromatic N) is 1. The van der Waals surface area contributed by atoms with Crippen LogP contribution in [0.2, 0.25) is 0 Å². The van der Waals surface area contributed by atoms with Gasteiger partial charge in [0.05, 0.1) is 0 Å². The Bertz CT molecular complexity index is 941. The number of anilines is 2. The van der Waals surface area contributed by atoms with Gasteiger partial charge in [-0.3, -0.25) is 0 Å². The zero-order chi connectivity index (χ0) is 18.1. The monoisotopic (exact) mass is 411 g/mol. The second kappa shape index (κ2) is 6.87. The Morgan fingerprint density at radius 1 is 0.808 bits per heavy atom. The van der Waals surface area contributed by atoms with Gasteiger partial charge in [0.25, 0.3) is 0 Å². The fourth-order valence-electron chi connectivity index (χ4n) is 3.02. The Balaban J connectivity index is 1.84. The Morgan fingerprint density at radius 2 is 1.38 bits per heavy atom. The molecule has 26 heavy (non-hydrogen) atoms. The van der Waals surface area contributed by atoms with Crippen LogP contribution in [0.4, 0.5) is 11.4 Å². The summed E-state index contributed by atoms with van der Waals surface area (Å²) in [6, 6.07) is 21.5. The maximum atomic E-state index is 13.4. The summed E-state index contributed by atoms with van der Waals surface area (Å²) < 4.78 is 13.0. The van der Waals surface area contributed by atoms with Crippen molar-refractivity contribution in [1.82, 2.24) is 0 Å². The topological polar surface area (TPSA) is 38.8 Å². The van der Waals surface area contributed by atoms with Gasteiger partial charge in [0, 0.05) is 0 Å². The van der Waals surface area contributed by atoms with Crippen LogP contribution >= 0.6 is 0 Å². The van der Waals surface area contributed by atoms with Crippen LogP contribution < -0.4 is 23.3 Å². The van der Waals surface area contributed by atoms with Crippen molar-refractivity contribution in [2.75, 3.05) is 19.1 Å². The predicted molar refractivity (Wildman–Crippen MR) is 104 cm³/mol. The van der Waals surface area contributed by atoms with Crippen molar-refractivity contribution in [2.24, 2.45) is 0 Å². The summed E-state index contributed by atoms with van der Waals surface area (Å²) in [7, 11) is 3.15. The van der Waals surface area contributed by atoms with Gasteiger partial charge in [0.2, 0.25) is 0 Å². The first-order valence-corrected chi connectivity index (χ1v) is 9.86. The summed E-state index contributed by atoms with van der Waals surface area (Å²) in [5, 5.41) is 0. The first-order chi connectivity index (χ1) is 12.7. The van der Waals surface area contributed by atoms with Gasteiger partial charge in [0.15, 0.2) is 0 Å². The summed E-state index contributed by atoms with van der Waals surface area (Å²) in [4.78, 5) is 15.2. The fraction of sp³-hybridized carbons (Fsp3) is 0.0952. The van der Waals surface area contributed by atoms with Crippen molar-refractivity contribution in [3.05, 3.63) is 72.3 Å². The molecule has 0 saturated heterocycles. The number of fused-ring (bicyclic) bond motifs is 2. The summed E-state index contributed by atoms with van der Waals surface area (Å²) in [5.41, 5.74) is 2.46. The van der Waals surface area contributed by atoms with E-state index in [2.05, 4.69) is 12.1 Å². The third-order valence-corrected chi connectivity index (χ3v) is 6.64. The van der Waals surface area contributed by atoms with Crippen LogP contribution in [0, 0.1) is 0 Å². The molecule has 130 valence electrons. The summed E-state index contributed by atoms with van der Waals surface area (Å²) in [5.74, 6) is 1.06. The number of para-hydroxylation sites is 2. The summed E-state index contributed by atoms with van der Waals surface area (Å²) in [6.45, 7) is 0. The van der Waals surface area contributed by atoms with E-state index in [4.69, 9.17) is 9.47 Å². The number of hydrogen-bond donors (Lipinski definition) is 0. The molecule has 0 spiro atoms. The van der Waals surface area contributed by atoms with Crippen LogP contribution in [-0.2, 0) is 0 Å². The van der Waals surface area contributed by atoms with E-state index in [-0.39, 0.29) is 20.9 Å². The van der Waals surface area contributed by atoms with Gasteiger partial charge in [-0.2, -0.15) is 0 Å². The molecule has 1 aliphatic rings. The summed E-state index contributed by atoms with van der Waals surface area (Å²) >= 11 is 0.182. The number of hydrogen-bond acceptors (Lipinski definition) is 3. The minimum absolute atomic E-state index is 0.0821. The standard InChI is InChI=1S/C21H17NO3Se/c1-24-17-12-11-14(13-18(17)25-2)21(23)22-15-7-3-5-9-19(15)26-20-10-6-4-8-16(20)22/h3-13H,1-2H3. The fourth-order valence-corrected chi connectivity index (χ4v) is 5.24. The quantitative estimate of drug-likeness (QED) is 0.624. The van der Waals surface area contributed by atoms with Crippen LogP contribution in [-0.4, -0.2) is 35.1 Å². The molecule has 4 rings (SSSR count). The Morgan fingerprint density at radius 3 is 1.96 bits per heavy atom. The number of amides is 1. The average Bonchev–Trinajstić information content (AvgIpc) is 2.70. The van der Waals surface area contributed by atoms with Crippen LogP contribution in [0.15, 0.2) is 66.7 Å². The molecule has 0 aromatic heterocycles. The third kappa shape index (κ3) is 2.75. The molecule has 0 atom stereocenters. The van der Waals surface area contributed by atoms with Crippen molar-refractivity contribution in [1.29, 1.82) is 0 Å². The van der Waals surface area contributed by atoms with Crippen molar-refractivity contribution >= 4 is 41.2 Å². The van der Waals surface area contributed by atoms with E-state index in [0.717, 1.165) is 11.4 Å². The van der Waals surface area contributed by atoms with Gasteiger partial charge in [-0.1, -0.05) is 0 Å². The molecule has 0 radical (unpaired) electrons. The maximum absolute atomic E-state index is 13.4. The molecule has 0 bridgehead atoms. The minimum atomic E-state index is -0.0821. The number of benzene rings is 3. The van der Waals surface area contributed by atoms with Crippen molar-refractivity contribution < 1.29 is 14.3 Å². The first-order valence-electron chi connectivity index (χ1n) is 8.15. The van der Waals surface area contributed by atoms with Crippen molar-refractivity contribution in [2.45, 2.75) is 0 Å². The number of rotatable bonds is 3. The molecule has 0 saturated carbocycles. The van der Waals surface area contributed by atoms with Gasteiger partial charge < -0.3 is 0 Å². The molecular formula is C21H17NO3Se. The van der Waals surface area contributed by atoms with Gasteiger partial charge in [-0.25, -0.2) is 0 Å². The molecular weight excluding hydrogens is 393 g/mol. The number of methoxy groups -OCH3 is 2. The molecule has 0 fully saturated rings. The number of ether oxygens (including phenoxy) is 2. The zero-order valence-electron chi connectivity index (χ0n) is 14.4. The molecule has 4 nitrogen and oxygen atoms in total. The van der Waals surface area contributed by atoms with Gasteiger partial charge in [0.1, 0.15) is 0 Å². The molecule has 1 amide bonds.